The minimum atomic E-state index is 0.111. The first-order valence-electron chi connectivity index (χ1n) is 7.09. The number of thiazole rings is 1. The number of hydrogen-bond donors (Lipinski definition) is 1. The van der Waals surface area contributed by atoms with E-state index in [0.717, 1.165) is 21.0 Å². The molecule has 0 saturated carbocycles. The monoisotopic (exact) mass is 312 g/mol. The van der Waals surface area contributed by atoms with E-state index in [1.165, 1.54) is 0 Å². The van der Waals surface area contributed by atoms with Gasteiger partial charge in [-0.05, 0) is 17.7 Å². The van der Waals surface area contributed by atoms with Crippen molar-refractivity contribution in [2.75, 3.05) is 13.2 Å². The highest BCUT2D eigenvalue weighted by atomic mass is 32.1. The van der Waals surface area contributed by atoms with Crippen LogP contribution >= 0.6 is 11.3 Å². The summed E-state index contributed by atoms with van der Waals surface area (Å²) in [4.78, 5) is 9.74. The minimum absolute atomic E-state index is 0.111. The Morgan fingerprint density at radius 2 is 1.86 bits per heavy atom. The van der Waals surface area contributed by atoms with Gasteiger partial charge in [0.2, 0.25) is 5.88 Å². The number of benzene rings is 1. The fraction of sp³-hybridized carbons (Fsp3) is 0.176. The van der Waals surface area contributed by atoms with Crippen molar-refractivity contribution in [1.29, 1.82) is 0 Å². The number of ether oxygens (including phenoxy) is 1. The molecule has 0 radical (unpaired) electrons. The molecule has 0 unspecified atom stereocenters. The number of rotatable bonds is 6. The summed E-state index contributed by atoms with van der Waals surface area (Å²) in [5, 5.41) is 9.79. The SMILES string of the molecule is OCCCOc1nc(-c2cccnc2)sc1-c1ccccc1. The lowest BCUT2D eigenvalue weighted by Gasteiger charge is -2.04. The van der Waals surface area contributed by atoms with Crippen molar-refractivity contribution < 1.29 is 9.84 Å². The molecule has 0 aliphatic heterocycles. The van der Waals surface area contributed by atoms with Gasteiger partial charge in [-0.2, -0.15) is 0 Å². The third-order valence-corrected chi connectivity index (χ3v) is 4.22. The van der Waals surface area contributed by atoms with Gasteiger partial charge >= 0.3 is 0 Å². The molecule has 0 aliphatic rings. The van der Waals surface area contributed by atoms with Crippen LogP contribution in [0.3, 0.4) is 0 Å². The normalized spacial score (nSPS) is 10.6. The van der Waals surface area contributed by atoms with E-state index in [1.54, 1.807) is 23.7 Å². The summed E-state index contributed by atoms with van der Waals surface area (Å²) >= 11 is 1.59. The van der Waals surface area contributed by atoms with Gasteiger partial charge in [-0.1, -0.05) is 30.3 Å². The molecule has 0 spiro atoms. The molecule has 112 valence electrons. The van der Waals surface area contributed by atoms with Crippen molar-refractivity contribution in [2.24, 2.45) is 0 Å². The van der Waals surface area contributed by atoms with Crippen LogP contribution in [0.15, 0.2) is 54.9 Å². The zero-order chi connectivity index (χ0) is 15.2. The highest BCUT2D eigenvalue weighted by Crippen LogP contribution is 2.39. The molecule has 3 aromatic rings. The standard InChI is InChI=1S/C17H16N2O2S/c20-10-5-11-21-16-15(13-6-2-1-3-7-13)22-17(19-16)14-8-4-9-18-12-14/h1-4,6-9,12,20H,5,10-11H2. The lowest BCUT2D eigenvalue weighted by molar-refractivity contribution is 0.230. The molecule has 2 heterocycles. The third-order valence-electron chi connectivity index (χ3n) is 3.08. The molecule has 5 heteroatoms. The number of aromatic nitrogens is 2. The fourth-order valence-corrected chi connectivity index (χ4v) is 3.03. The van der Waals surface area contributed by atoms with Crippen LogP contribution < -0.4 is 4.74 Å². The second-order valence-corrected chi connectivity index (χ2v) is 5.69. The van der Waals surface area contributed by atoms with E-state index in [4.69, 9.17) is 9.84 Å². The van der Waals surface area contributed by atoms with Gasteiger partial charge in [-0.15, -0.1) is 11.3 Å². The van der Waals surface area contributed by atoms with Crippen LogP contribution in [-0.4, -0.2) is 28.3 Å². The molecule has 0 atom stereocenters. The molecule has 0 saturated heterocycles. The van der Waals surface area contributed by atoms with E-state index in [-0.39, 0.29) is 6.61 Å². The maximum absolute atomic E-state index is 8.91. The molecule has 22 heavy (non-hydrogen) atoms. The smallest absolute Gasteiger partial charge is 0.233 e. The molecule has 0 bridgehead atoms. The maximum Gasteiger partial charge on any atom is 0.233 e. The van der Waals surface area contributed by atoms with Gasteiger partial charge in [0.25, 0.3) is 0 Å². The molecular weight excluding hydrogens is 296 g/mol. The van der Waals surface area contributed by atoms with Crippen molar-refractivity contribution >= 4 is 11.3 Å². The quantitative estimate of drug-likeness (QED) is 0.706. The lowest BCUT2D eigenvalue weighted by Crippen LogP contribution is -2.00. The van der Waals surface area contributed by atoms with Crippen molar-refractivity contribution in [1.82, 2.24) is 9.97 Å². The Balaban J connectivity index is 1.97. The number of pyridine rings is 1. The van der Waals surface area contributed by atoms with Gasteiger partial charge < -0.3 is 9.84 Å². The van der Waals surface area contributed by atoms with Gasteiger partial charge in [0, 0.05) is 31.0 Å². The molecule has 1 N–H and O–H groups in total. The van der Waals surface area contributed by atoms with Crippen molar-refractivity contribution in [3.63, 3.8) is 0 Å². The topological polar surface area (TPSA) is 55.2 Å². The van der Waals surface area contributed by atoms with Gasteiger partial charge in [-0.3, -0.25) is 4.98 Å². The number of nitrogens with zero attached hydrogens (tertiary/aromatic N) is 2. The van der Waals surface area contributed by atoms with Crippen LogP contribution in [0.5, 0.6) is 5.88 Å². The van der Waals surface area contributed by atoms with E-state index in [9.17, 15) is 0 Å². The number of aliphatic hydroxyl groups is 1. The number of aliphatic hydroxyl groups excluding tert-OH is 1. The Morgan fingerprint density at radius 3 is 2.59 bits per heavy atom. The minimum Gasteiger partial charge on any atom is -0.477 e. The molecule has 0 amide bonds. The summed E-state index contributed by atoms with van der Waals surface area (Å²) in [6.45, 7) is 0.562. The van der Waals surface area contributed by atoms with E-state index in [0.29, 0.717) is 18.9 Å². The van der Waals surface area contributed by atoms with E-state index in [1.807, 2.05) is 42.5 Å². The van der Waals surface area contributed by atoms with Gasteiger partial charge in [0.1, 0.15) is 5.01 Å². The second kappa shape index (κ2) is 7.15. The predicted molar refractivity (Wildman–Crippen MR) is 88.0 cm³/mol. The first kappa shape index (κ1) is 14.7. The average Bonchev–Trinajstić information content (AvgIpc) is 3.01. The Hall–Kier alpha value is -2.24. The first-order chi connectivity index (χ1) is 10.9. The van der Waals surface area contributed by atoms with Crippen LogP contribution in [0.1, 0.15) is 6.42 Å². The van der Waals surface area contributed by atoms with Crippen molar-refractivity contribution in [3.05, 3.63) is 54.9 Å². The largest absolute Gasteiger partial charge is 0.477 e. The average molecular weight is 312 g/mol. The molecule has 0 fully saturated rings. The Morgan fingerprint density at radius 1 is 1.05 bits per heavy atom. The zero-order valence-corrected chi connectivity index (χ0v) is 12.8. The molecule has 4 nitrogen and oxygen atoms in total. The summed E-state index contributed by atoms with van der Waals surface area (Å²) < 4.78 is 5.75. The van der Waals surface area contributed by atoms with Gasteiger partial charge in [-0.25, -0.2) is 4.98 Å². The maximum atomic E-state index is 8.91. The molecule has 0 aliphatic carbocycles. The molecule has 3 rings (SSSR count). The Kier molecular flexibility index (Phi) is 4.78. The third kappa shape index (κ3) is 3.32. The Labute approximate surface area is 133 Å². The predicted octanol–water partition coefficient (Wildman–Crippen LogP) is 3.63. The lowest BCUT2D eigenvalue weighted by atomic mass is 10.2. The van der Waals surface area contributed by atoms with Crippen molar-refractivity contribution in [3.8, 4) is 26.9 Å². The highest BCUT2D eigenvalue weighted by molar-refractivity contribution is 7.18. The van der Waals surface area contributed by atoms with E-state index < -0.39 is 0 Å². The van der Waals surface area contributed by atoms with E-state index in [2.05, 4.69) is 9.97 Å². The van der Waals surface area contributed by atoms with Crippen LogP contribution in [0.2, 0.25) is 0 Å². The van der Waals surface area contributed by atoms with Crippen molar-refractivity contribution in [2.45, 2.75) is 6.42 Å². The fourth-order valence-electron chi connectivity index (χ4n) is 2.02. The van der Waals surface area contributed by atoms with Gasteiger partial charge in [0.15, 0.2) is 0 Å². The molecular formula is C17H16N2O2S. The summed E-state index contributed by atoms with van der Waals surface area (Å²) in [7, 11) is 0. The van der Waals surface area contributed by atoms with Crippen LogP contribution in [0.4, 0.5) is 0 Å². The summed E-state index contributed by atoms with van der Waals surface area (Å²) in [5.41, 5.74) is 2.05. The van der Waals surface area contributed by atoms with E-state index >= 15 is 0 Å². The van der Waals surface area contributed by atoms with Crippen LogP contribution in [0, 0.1) is 0 Å². The second-order valence-electron chi connectivity index (χ2n) is 4.69. The summed E-state index contributed by atoms with van der Waals surface area (Å²) in [5.74, 6) is 0.614. The molecule has 1 aromatic carbocycles. The van der Waals surface area contributed by atoms with Crippen LogP contribution in [0.25, 0.3) is 21.0 Å². The molecule has 2 aromatic heterocycles. The Bertz CT molecular complexity index is 714. The number of hydrogen-bond acceptors (Lipinski definition) is 5. The zero-order valence-electron chi connectivity index (χ0n) is 12.0. The summed E-state index contributed by atoms with van der Waals surface area (Å²) in [6.07, 6.45) is 4.13. The van der Waals surface area contributed by atoms with Crippen LogP contribution in [-0.2, 0) is 0 Å². The van der Waals surface area contributed by atoms with Gasteiger partial charge in [0.05, 0.1) is 11.5 Å². The first-order valence-corrected chi connectivity index (χ1v) is 7.90. The summed E-state index contributed by atoms with van der Waals surface area (Å²) in [6, 6.07) is 13.9. The highest BCUT2D eigenvalue weighted by Gasteiger charge is 2.15.